The van der Waals surface area contributed by atoms with Gasteiger partial charge in [0.2, 0.25) is 0 Å². The summed E-state index contributed by atoms with van der Waals surface area (Å²) >= 11 is 0. The number of para-hydroxylation sites is 4. The molecule has 0 spiro atoms. The summed E-state index contributed by atoms with van der Waals surface area (Å²) in [5, 5.41) is 26.8. The number of hydrogen-bond donors (Lipinski definition) is 0. The third kappa shape index (κ3) is 4.51. The second-order valence-corrected chi connectivity index (χ2v) is 14.0. The molecule has 0 N–H and O–H groups in total. The van der Waals surface area contributed by atoms with Gasteiger partial charge >= 0.3 is 0 Å². The molecular formula is C50H29N5. The Bertz CT molecular complexity index is 3350. The molecule has 3 aromatic heterocycles. The molecule has 55 heavy (non-hydrogen) atoms. The van der Waals surface area contributed by atoms with Gasteiger partial charge in [0.05, 0.1) is 62.1 Å². The molecule has 8 aromatic carbocycles. The quantitative estimate of drug-likeness (QED) is 0.184. The van der Waals surface area contributed by atoms with E-state index in [9.17, 15) is 10.5 Å². The zero-order chi connectivity index (χ0) is 36.6. The van der Waals surface area contributed by atoms with Crippen LogP contribution in [-0.4, -0.2) is 13.7 Å². The number of hydrogen-bond acceptors (Lipinski definition) is 2. The van der Waals surface area contributed by atoms with E-state index in [2.05, 4.69) is 177 Å². The van der Waals surface area contributed by atoms with E-state index in [4.69, 9.17) is 0 Å². The molecular weight excluding hydrogens is 671 g/mol. The second-order valence-electron chi connectivity index (χ2n) is 14.0. The molecule has 0 aliphatic rings. The van der Waals surface area contributed by atoms with Gasteiger partial charge in [-0.3, -0.25) is 0 Å². The number of nitriles is 2. The molecule has 0 aliphatic carbocycles. The van der Waals surface area contributed by atoms with Crippen LogP contribution in [0.2, 0.25) is 0 Å². The van der Waals surface area contributed by atoms with Crippen LogP contribution in [-0.2, 0) is 0 Å². The topological polar surface area (TPSA) is 62.4 Å². The number of rotatable bonds is 4. The fourth-order valence-corrected chi connectivity index (χ4v) is 8.70. The van der Waals surface area contributed by atoms with Gasteiger partial charge < -0.3 is 13.7 Å². The van der Waals surface area contributed by atoms with E-state index in [-0.39, 0.29) is 0 Å². The van der Waals surface area contributed by atoms with Gasteiger partial charge in [0.25, 0.3) is 0 Å². The van der Waals surface area contributed by atoms with Crippen molar-refractivity contribution >= 4 is 65.4 Å². The zero-order valence-electron chi connectivity index (χ0n) is 29.5. The van der Waals surface area contributed by atoms with E-state index in [1.807, 2.05) is 24.3 Å². The smallest absolute Gasteiger partial charge is 0.0992 e. The van der Waals surface area contributed by atoms with Crippen LogP contribution in [0.25, 0.3) is 93.6 Å². The third-order valence-electron chi connectivity index (χ3n) is 11.1. The van der Waals surface area contributed by atoms with Crippen molar-refractivity contribution in [3.8, 4) is 40.3 Å². The molecule has 0 saturated carbocycles. The molecule has 0 bridgehead atoms. The summed E-state index contributed by atoms with van der Waals surface area (Å²) in [6, 6.07) is 66.0. The summed E-state index contributed by atoms with van der Waals surface area (Å²) in [5.74, 6) is 0. The number of benzene rings is 8. The van der Waals surface area contributed by atoms with Crippen LogP contribution in [0.1, 0.15) is 11.1 Å². The molecule has 0 saturated heterocycles. The van der Waals surface area contributed by atoms with Crippen molar-refractivity contribution < 1.29 is 0 Å². The fourth-order valence-electron chi connectivity index (χ4n) is 8.70. The minimum absolute atomic E-state index is 0.611. The van der Waals surface area contributed by atoms with Crippen LogP contribution in [0.15, 0.2) is 176 Å². The van der Waals surface area contributed by atoms with Crippen molar-refractivity contribution in [1.29, 1.82) is 10.5 Å². The summed E-state index contributed by atoms with van der Waals surface area (Å²) in [6.07, 6.45) is 0. The lowest BCUT2D eigenvalue weighted by molar-refractivity contribution is 1.16. The SMILES string of the molecule is N#Cc1ccc(-c2ccc(-n3c4ccc(C#N)cc4c4cc(-n5c6ccccc6c6ccccc65)ccc43)cc2)c(-n2c3ccccc3c3ccccc32)c1. The fraction of sp³-hybridized carbons (Fsp3) is 0. The highest BCUT2D eigenvalue weighted by atomic mass is 15.0. The lowest BCUT2D eigenvalue weighted by atomic mass is 10.0. The van der Waals surface area contributed by atoms with Crippen molar-refractivity contribution in [3.63, 3.8) is 0 Å². The lowest BCUT2D eigenvalue weighted by Gasteiger charge is -2.15. The van der Waals surface area contributed by atoms with E-state index >= 15 is 0 Å². The zero-order valence-corrected chi connectivity index (χ0v) is 29.5. The average Bonchev–Trinajstić information content (AvgIpc) is 3.89. The molecule has 11 rings (SSSR count). The molecule has 0 amide bonds. The molecule has 3 heterocycles. The van der Waals surface area contributed by atoms with Crippen molar-refractivity contribution in [1.82, 2.24) is 13.7 Å². The Morgan fingerprint density at radius 2 is 0.745 bits per heavy atom. The Labute approximate surface area is 316 Å². The van der Waals surface area contributed by atoms with Gasteiger partial charge in [0, 0.05) is 49.3 Å². The number of nitrogens with zero attached hydrogens (tertiary/aromatic N) is 5. The van der Waals surface area contributed by atoms with E-state index in [0.717, 1.165) is 72.1 Å². The minimum atomic E-state index is 0.611. The van der Waals surface area contributed by atoms with Crippen molar-refractivity contribution in [2.24, 2.45) is 0 Å². The van der Waals surface area contributed by atoms with E-state index in [0.29, 0.717) is 11.1 Å². The van der Waals surface area contributed by atoms with Gasteiger partial charge in [0.15, 0.2) is 0 Å². The predicted octanol–water partition coefficient (Wildman–Crippen LogP) is 12.4. The Morgan fingerprint density at radius 1 is 0.327 bits per heavy atom. The Morgan fingerprint density at radius 3 is 1.31 bits per heavy atom. The number of aromatic nitrogens is 3. The Balaban J connectivity index is 1.09. The van der Waals surface area contributed by atoms with Crippen molar-refractivity contribution in [2.75, 3.05) is 0 Å². The van der Waals surface area contributed by atoms with Crippen LogP contribution in [0, 0.1) is 22.7 Å². The maximum Gasteiger partial charge on any atom is 0.0992 e. The van der Waals surface area contributed by atoms with Crippen LogP contribution < -0.4 is 0 Å². The van der Waals surface area contributed by atoms with Gasteiger partial charge in [0.1, 0.15) is 0 Å². The first kappa shape index (κ1) is 30.7. The minimum Gasteiger partial charge on any atom is -0.309 e. The van der Waals surface area contributed by atoms with Crippen LogP contribution in [0.4, 0.5) is 0 Å². The van der Waals surface area contributed by atoms with Gasteiger partial charge in [-0.1, -0.05) is 91.0 Å². The molecule has 0 aliphatic heterocycles. The van der Waals surface area contributed by atoms with Crippen molar-refractivity contribution in [3.05, 3.63) is 187 Å². The second kappa shape index (κ2) is 11.8. The highest BCUT2D eigenvalue weighted by Crippen LogP contribution is 2.40. The maximum absolute atomic E-state index is 9.98. The largest absolute Gasteiger partial charge is 0.309 e. The molecule has 5 heteroatoms. The molecule has 0 fully saturated rings. The Hall–Kier alpha value is -7.86. The number of fused-ring (bicyclic) bond motifs is 9. The summed E-state index contributed by atoms with van der Waals surface area (Å²) in [5.41, 5.74) is 13.0. The first-order valence-corrected chi connectivity index (χ1v) is 18.3. The lowest BCUT2D eigenvalue weighted by Crippen LogP contribution is -1.99. The summed E-state index contributed by atoms with van der Waals surface area (Å²) in [4.78, 5) is 0. The standard InChI is InChI=1S/C50H29N5/c51-30-32-18-25-48-42(27-32)43-29-36(54-44-13-5-1-9-38(44)39-10-2-6-14-45(39)54)23-26-49(43)53(48)35-21-19-34(20-22-35)37-24-17-33(31-52)28-50(37)55-46-15-7-3-11-40(46)41-12-4-8-16-47(41)55/h1-29H. The summed E-state index contributed by atoms with van der Waals surface area (Å²) < 4.78 is 6.91. The first-order chi connectivity index (χ1) is 27.2. The molecule has 5 nitrogen and oxygen atoms in total. The predicted molar refractivity (Wildman–Crippen MR) is 224 cm³/mol. The van der Waals surface area contributed by atoms with E-state index in [1.165, 1.54) is 21.5 Å². The van der Waals surface area contributed by atoms with Gasteiger partial charge in [-0.25, -0.2) is 0 Å². The van der Waals surface area contributed by atoms with Crippen LogP contribution >= 0.6 is 0 Å². The molecule has 11 aromatic rings. The van der Waals surface area contributed by atoms with E-state index in [1.54, 1.807) is 0 Å². The van der Waals surface area contributed by atoms with Gasteiger partial charge in [-0.05, 0) is 90.5 Å². The molecule has 0 unspecified atom stereocenters. The molecule has 0 radical (unpaired) electrons. The maximum atomic E-state index is 9.98. The average molecular weight is 700 g/mol. The summed E-state index contributed by atoms with van der Waals surface area (Å²) in [7, 11) is 0. The summed E-state index contributed by atoms with van der Waals surface area (Å²) in [6.45, 7) is 0. The third-order valence-corrected chi connectivity index (χ3v) is 11.1. The van der Waals surface area contributed by atoms with Gasteiger partial charge in [-0.2, -0.15) is 10.5 Å². The van der Waals surface area contributed by atoms with Crippen molar-refractivity contribution in [2.45, 2.75) is 0 Å². The van der Waals surface area contributed by atoms with Crippen LogP contribution in [0.5, 0.6) is 0 Å². The van der Waals surface area contributed by atoms with Gasteiger partial charge in [-0.15, -0.1) is 0 Å². The molecule has 0 atom stereocenters. The first-order valence-electron chi connectivity index (χ1n) is 18.3. The molecule has 254 valence electrons. The highest BCUT2D eigenvalue weighted by Gasteiger charge is 2.19. The van der Waals surface area contributed by atoms with Crippen LogP contribution in [0.3, 0.4) is 0 Å². The Kier molecular flexibility index (Phi) is 6.61. The monoisotopic (exact) mass is 699 g/mol. The van der Waals surface area contributed by atoms with E-state index < -0.39 is 0 Å². The highest BCUT2D eigenvalue weighted by molar-refractivity contribution is 6.13. The normalized spacial score (nSPS) is 11.6.